The molecule has 3 N–H and O–H groups in total. The minimum absolute atomic E-state index is 0.0939. The summed E-state index contributed by atoms with van der Waals surface area (Å²) in [5, 5.41) is 24.7. The Labute approximate surface area is 148 Å². The van der Waals surface area contributed by atoms with Crippen molar-refractivity contribution in [1.82, 2.24) is 4.98 Å². The smallest absolute Gasteiger partial charge is 0.227 e. The van der Waals surface area contributed by atoms with Crippen LogP contribution in [0.1, 0.15) is 12.8 Å². The summed E-state index contributed by atoms with van der Waals surface area (Å²) in [7, 11) is 0. The van der Waals surface area contributed by atoms with Crippen LogP contribution in [0.5, 0.6) is 11.5 Å². The van der Waals surface area contributed by atoms with E-state index < -0.39 is 0 Å². The summed E-state index contributed by atoms with van der Waals surface area (Å²) in [4.78, 5) is 16.4. The third kappa shape index (κ3) is 3.34. The minimum Gasteiger partial charge on any atom is -0.504 e. The standard InChI is InChI=1S/C19H16N2O3S/c22-16-8-5-13(9-17(16)23)15-10-25-19(21-15)12-3-6-14(7-4-12)20-18(24)11-1-2-11/h3-11,22-23H,1-2H2,(H,20,24). The van der Waals surface area contributed by atoms with Gasteiger partial charge in [-0.05, 0) is 55.3 Å². The van der Waals surface area contributed by atoms with E-state index in [4.69, 9.17) is 0 Å². The van der Waals surface area contributed by atoms with Crippen molar-refractivity contribution in [3.63, 3.8) is 0 Å². The molecule has 0 atom stereocenters. The maximum Gasteiger partial charge on any atom is 0.227 e. The van der Waals surface area contributed by atoms with Gasteiger partial charge in [0.15, 0.2) is 11.5 Å². The number of phenolic OH excluding ortho intramolecular Hbond substituents is 2. The highest BCUT2D eigenvalue weighted by atomic mass is 32.1. The molecular formula is C19H16N2O3S. The number of carbonyl (C=O) groups excluding carboxylic acids is 1. The summed E-state index contributed by atoms with van der Waals surface area (Å²) < 4.78 is 0. The molecular weight excluding hydrogens is 336 g/mol. The van der Waals surface area contributed by atoms with Crippen molar-refractivity contribution in [3.05, 3.63) is 47.8 Å². The lowest BCUT2D eigenvalue weighted by atomic mass is 10.1. The fourth-order valence-corrected chi connectivity index (χ4v) is 3.34. The molecule has 0 aliphatic heterocycles. The molecule has 1 aromatic heterocycles. The molecule has 1 fully saturated rings. The summed E-state index contributed by atoms with van der Waals surface area (Å²) in [6.45, 7) is 0. The maximum atomic E-state index is 11.8. The molecule has 2 aromatic carbocycles. The van der Waals surface area contributed by atoms with Crippen LogP contribution in [-0.4, -0.2) is 21.1 Å². The van der Waals surface area contributed by atoms with Gasteiger partial charge in [-0.1, -0.05) is 0 Å². The highest BCUT2D eigenvalue weighted by Crippen LogP contribution is 2.34. The SMILES string of the molecule is O=C(Nc1ccc(-c2nc(-c3ccc(O)c(O)c3)cs2)cc1)C1CC1. The number of hydrogen-bond donors (Lipinski definition) is 3. The van der Waals surface area contributed by atoms with Gasteiger partial charge < -0.3 is 15.5 Å². The van der Waals surface area contributed by atoms with E-state index in [-0.39, 0.29) is 23.3 Å². The lowest BCUT2D eigenvalue weighted by Crippen LogP contribution is -2.12. The zero-order valence-corrected chi connectivity index (χ0v) is 14.1. The monoisotopic (exact) mass is 352 g/mol. The predicted octanol–water partition coefficient (Wildman–Crippen LogP) is 4.24. The normalized spacial score (nSPS) is 13.6. The number of amides is 1. The topological polar surface area (TPSA) is 82.5 Å². The van der Waals surface area contributed by atoms with Crippen LogP contribution in [0.2, 0.25) is 0 Å². The van der Waals surface area contributed by atoms with Crippen molar-refractivity contribution in [2.45, 2.75) is 12.8 Å². The lowest BCUT2D eigenvalue weighted by Gasteiger charge is -2.04. The number of rotatable bonds is 4. The Hall–Kier alpha value is -2.86. The zero-order chi connectivity index (χ0) is 17.4. The van der Waals surface area contributed by atoms with Gasteiger partial charge in [-0.3, -0.25) is 4.79 Å². The highest BCUT2D eigenvalue weighted by molar-refractivity contribution is 7.13. The second kappa shape index (κ2) is 6.22. The van der Waals surface area contributed by atoms with Gasteiger partial charge in [-0.2, -0.15) is 0 Å². The first-order chi connectivity index (χ1) is 12.1. The first kappa shape index (κ1) is 15.7. The predicted molar refractivity (Wildman–Crippen MR) is 97.7 cm³/mol. The maximum absolute atomic E-state index is 11.8. The molecule has 1 aliphatic rings. The van der Waals surface area contributed by atoms with Gasteiger partial charge in [0.1, 0.15) is 5.01 Å². The molecule has 1 heterocycles. The van der Waals surface area contributed by atoms with Crippen molar-refractivity contribution < 1.29 is 15.0 Å². The summed E-state index contributed by atoms with van der Waals surface area (Å²) >= 11 is 1.50. The van der Waals surface area contributed by atoms with Crippen LogP contribution in [0.4, 0.5) is 5.69 Å². The van der Waals surface area contributed by atoms with Gasteiger partial charge >= 0.3 is 0 Å². The number of aromatic hydroxyl groups is 2. The van der Waals surface area contributed by atoms with E-state index in [1.807, 2.05) is 29.6 Å². The number of hydrogen-bond acceptors (Lipinski definition) is 5. The van der Waals surface area contributed by atoms with Crippen LogP contribution in [0.3, 0.4) is 0 Å². The molecule has 25 heavy (non-hydrogen) atoms. The number of phenols is 2. The first-order valence-corrected chi connectivity index (χ1v) is 8.87. The molecule has 0 saturated heterocycles. The van der Waals surface area contributed by atoms with Gasteiger partial charge in [0, 0.05) is 28.1 Å². The van der Waals surface area contributed by atoms with Gasteiger partial charge in [0.2, 0.25) is 5.91 Å². The largest absolute Gasteiger partial charge is 0.504 e. The Balaban J connectivity index is 1.53. The number of nitrogens with zero attached hydrogens (tertiary/aromatic N) is 1. The Kier molecular flexibility index (Phi) is 3.89. The summed E-state index contributed by atoms with van der Waals surface area (Å²) in [6, 6.07) is 12.3. The van der Waals surface area contributed by atoms with Gasteiger partial charge in [-0.25, -0.2) is 4.98 Å². The molecule has 0 bridgehead atoms. The highest BCUT2D eigenvalue weighted by Gasteiger charge is 2.29. The van der Waals surface area contributed by atoms with E-state index in [0.717, 1.165) is 40.4 Å². The third-order valence-corrected chi connectivity index (χ3v) is 5.01. The van der Waals surface area contributed by atoms with E-state index in [1.165, 1.54) is 23.5 Å². The fourth-order valence-electron chi connectivity index (χ4n) is 2.51. The Bertz CT molecular complexity index is 930. The summed E-state index contributed by atoms with van der Waals surface area (Å²) in [5.74, 6) is -0.0369. The molecule has 0 radical (unpaired) electrons. The van der Waals surface area contributed by atoms with E-state index in [2.05, 4.69) is 10.3 Å². The average Bonchev–Trinajstić information content (AvgIpc) is 3.36. The molecule has 1 aliphatic carbocycles. The lowest BCUT2D eigenvalue weighted by molar-refractivity contribution is -0.117. The Morgan fingerprint density at radius 3 is 2.44 bits per heavy atom. The molecule has 1 saturated carbocycles. The molecule has 126 valence electrons. The van der Waals surface area contributed by atoms with Crippen molar-refractivity contribution in [3.8, 4) is 33.3 Å². The van der Waals surface area contributed by atoms with Crippen molar-refractivity contribution in [2.24, 2.45) is 5.92 Å². The van der Waals surface area contributed by atoms with Crippen LogP contribution < -0.4 is 5.32 Å². The number of benzene rings is 2. The molecule has 1 amide bonds. The molecule has 6 heteroatoms. The van der Waals surface area contributed by atoms with Crippen LogP contribution in [0.15, 0.2) is 47.8 Å². The van der Waals surface area contributed by atoms with Crippen LogP contribution in [-0.2, 0) is 4.79 Å². The van der Waals surface area contributed by atoms with Crippen molar-refractivity contribution >= 4 is 22.9 Å². The van der Waals surface area contributed by atoms with Crippen molar-refractivity contribution in [2.75, 3.05) is 5.32 Å². The zero-order valence-electron chi connectivity index (χ0n) is 13.3. The van der Waals surface area contributed by atoms with E-state index in [1.54, 1.807) is 6.07 Å². The molecule has 0 unspecified atom stereocenters. The molecule has 3 aromatic rings. The van der Waals surface area contributed by atoms with E-state index >= 15 is 0 Å². The number of aromatic nitrogens is 1. The van der Waals surface area contributed by atoms with Gasteiger partial charge in [0.05, 0.1) is 5.69 Å². The average molecular weight is 352 g/mol. The van der Waals surface area contributed by atoms with Crippen LogP contribution >= 0.6 is 11.3 Å². The van der Waals surface area contributed by atoms with Gasteiger partial charge in [-0.15, -0.1) is 11.3 Å². The number of anilines is 1. The Morgan fingerprint density at radius 1 is 1.04 bits per heavy atom. The van der Waals surface area contributed by atoms with Crippen LogP contribution in [0.25, 0.3) is 21.8 Å². The fraction of sp³-hybridized carbons (Fsp3) is 0.158. The van der Waals surface area contributed by atoms with Crippen LogP contribution in [0, 0.1) is 5.92 Å². The molecule has 4 rings (SSSR count). The second-order valence-corrected chi connectivity index (χ2v) is 6.94. The summed E-state index contributed by atoms with van der Waals surface area (Å²) in [6.07, 6.45) is 1.97. The Morgan fingerprint density at radius 2 is 1.76 bits per heavy atom. The molecule has 0 spiro atoms. The first-order valence-electron chi connectivity index (χ1n) is 7.99. The summed E-state index contributed by atoms with van der Waals surface area (Å²) in [5.41, 5.74) is 3.23. The minimum atomic E-state index is -0.164. The quantitative estimate of drug-likeness (QED) is 0.614. The van der Waals surface area contributed by atoms with E-state index in [9.17, 15) is 15.0 Å². The number of carbonyl (C=O) groups is 1. The van der Waals surface area contributed by atoms with E-state index in [0.29, 0.717) is 0 Å². The second-order valence-electron chi connectivity index (χ2n) is 6.08. The number of nitrogens with one attached hydrogen (secondary N) is 1. The van der Waals surface area contributed by atoms with Gasteiger partial charge in [0.25, 0.3) is 0 Å². The third-order valence-electron chi connectivity index (χ3n) is 4.12. The van der Waals surface area contributed by atoms with Crippen molar-refractivity contribution in [1.29, 1.82) is 0 Å². The molecule has 5 nitrogen and oxygen atoms in total. The number of thiazole rings is 1.